The van der Waals surface area contributed by atoms with Crippen LogP contribution >= 0.6 is 23.2 Å². The van der Waals surface area contributed by atoms with E-state index in [0.717, 1.165) is 24.4 Å². The summed E-state index contributed by atoms with van der Waals surface area (Å²) in [6.45, 7) is 5.41. The van der Waals surface area contributed by atoms with Crippen LogP contribution in [0.2, 0.25) is 10.0 Å². The Balaban J connectivity index is 1.90. The summed E-state index contributed by atoms with van der Waals surface area (Å²) in [5, 5.41) is 14.7. The monoisotopic (exact) mass is 370 g/mol. The Morgan fingerprint density at radius 1 is 1.33 bits per heavy atom. The number of aryl methyl sites for hydroxylation is 1. The number of rotatable bonds is 4. The van der Waals surface area contributed by atoms with E-state index in [-0.39, 0.29) is 12.5 Å². The molecule has 1 unspecified atom stereocenters. The number of nitrogens with zero attached hydrogens (tertiary/aromatic N) is 2. The van der Waals surface area contributed by atoms with E-state index in [2.05, 4.69) is 10.1 Å². The van der Waals surface area contributed by atoms with E-state index in [1.807, 2.05) is 6.92 Å². The number of aliphatic hydroxyl groups excluding tert-OH is 1. The van der Waals surface area contributed by atoms with Crippen LogP contribution < -0.4 is 0 Å². The van der Waals surface area contributed by atoms with Crippen LogP contribution in [0.3, 0.4) is 0 Å². The van der Waals surface area contributed by atoms with Crippen LogP contribution in [0.15, 0.2) is 22.7 Å². The van der Waals surface area contributed by atoms with E-state index in [4.69, 9.17) is 32.5 Å². The highest BCUT2D eigenvalue weighted by molar-refractivity contribution is 6.39. The van der Waals surface area contributed by atoms with Crippen LogP contribution in [0.25, 0.3) is 11.3 Å². The van der Waals surface area contributed by atoms with Crippen molar-refractivity contribution < 1.29 is 14.4 Å². The van der Waals surface area contributed by atoms with Gasteiger partial charge in [-0.05, 0) is 19.1 Å². The Morgan fingerprint density at radius 2 is 2.08 bits per heavy atom. The van der Waals surface area contributed by atoms with Crippen molar-refractivity contribution in [3.63, 3.8) is 0 Å². The standard InChI is InChI=1S/C17H20Cl2N2O3/c1-11-13(8-21-5-6-23-10-12(7-21)9-22)17(20-24-11)16-14(18)3-2-4-15(16)19/h2-4,12,22H,5-10H2,1H3. The molecule has 1 aliphatic heterocycles. The number of hydrogen-bond donors (Lipinski definition) is 1. The molecule has 1 saturated heterocycles. The largest absolute Gasteiger partial charge is 0.396 e. The molecule has 0 spiro atoms. The van der Waals surface area contributed by atoms with Gasteiger partial charge in [0.05, 0.1) is 23.3 Å². The average molecular weight is 371 g/mol. The first-order valence-corrected chi connectivity index (χ1v) is 8.66. The summed E-state index contributed by atoms with van der Waals surface area (Å²) < 4.78 is 11.0. The fourth-order valence-electron chi connectivity index (χ4n) is 2.93. The molecule has 0 saturated carbocycles. The van der Waals surface area contributed by atoms with E-state index in [0.29, 0.717) is 41.1 Å². The highest BCUT2D eigenvalue weighted by Gasteiger charge is 2.24. The van der Waals surface area contributed by atoms with Gasteiger partial charge in [-0.3, -0.25) is 4.90 Å². The lowest BCUT2D eigenvalue weighted by Crippen LogP contribution is -2.31. The van der Waals surface area contributed by atoms with Gasteiger partial charge in [0.2, 0.25) is 0 Å². The Morgan fingerprint density at radius 3 is 2.79 bits per heavy atom. The van der Waals surface area contributed by atoms with Crippen molar-refractivity contribution in [3.8, 4) is 11.3 Å². The van der Waals surface area contributed by atoms with E-state index >= 15 is 0 Å². The number of aromatic nitrogens is 1. The molecule has 5 nitrogen and oxygen atoms in total. The Bertz CT molecular complexity index is 685. The molecule has 1 aromatic heterocycles. The second-order valence-electron chi connectivity index (χ2n) is 6.02. The average Bonchev–Trinajstić information content (AvgIpc) is 2.78. The quantitative estimate of drug-likeness (QED) is 0.893. The summed E-state index contributed by atoms with van der Waals surface area (Å²) in [7, 11) is 0. The molecule has 7 heteroatoms. The van der Waals surface area contributed by atoms with Gasteiger partial charge >= 0.3 is 0 Å². The molecular formula is C17H20Cl2N2O3. The van der Waals surface area contributed by atoms with Crippen molar-refractivity contribution in [2.75, 3.05) is 32.9 Å². The smallest absolute Gasteiger partial charge is 0.138 e. The number of ether oxygens (including phenoxy) is 1. The van der Waals surface area contributed by atoms with Gasteiger partial charge in [0, 0.05) is 43.3 Å². The van der Waals surface area contributed by atoms with E-state index < -0.39 is 0 Å². The molecule has 0 aliphatic carbocycles. The molecule has 130 valence electrons. The van der Waals surface area contributed by atoms with Crippen molar-refractivity contribution in [1.29, 1.82) is 0 Å². The zero-order chi connectivity index (χ0) is 17.1. The summed E-state index contributed by atoms with van der Waals surface area (Å²) in [4.78, 5) is 2.24. The highest BCUT2D eigenvalue weighted by Crippen LogP contribution is 2.37. The first-order valence-electron chi connectivity index (χ1n) is 7.90. The lowest BCUT2D eigenvalue weighted by atomic mass is 10.0. The van der Waals surface area contributed by atoms with E-state index in [9.17, 15) is 5.11 Å². The molecule has 2 heterocycles. The molecule has 0 radical (unpaired) electrons. The number of halogens is 2. The van der Waals surface area contributed by atoms with E-state index in [1.165, 1.54) is 0 Å². The third kappa shape index (κ3) is 3.76. The van der Waals surface area contributed by atoms with Crippen LogP contribution in [0.1, 0.15) is 11.3 Å². The summed E-state index contributed by atoms with van der Waals surface area (Å²) in [5.41, 5.74) is 2.33. The lowest BCUT2D eigenvalue weighted by molar-refractivity contribution is 0.0958. The van der Waals surface area contributed by atoms with Crippen LogP contribution in [0.4, 0.5) is 0 Å². The van der Waals surface area contributed by atoms with Crippen molar-refractivity contribution in [1.82, 2.24) is 10.1 Å². The molecule has 1 N–H and O–H groups in total. The zero-order valence-corrected chi connectivity index (χ0v) is 15.0. The fourth-order valence-corrected chi connectivity index (χ4v) is 3.50. The first kappa shape index (κ1) is 17.7. The normalized spacial score (nSPS) is 19.4. The molecule has 24 heavy (non-hydrogen) atoms. The van der Waals surface area contributed by atoms with Gasteiger partial charge in [0.1, 0.15) is 11.5 Å². The van der Waals surface area contributed by atoms with Crippen molar-refractivity contribution in [3.05, 3.63) is 39.6 Å². The predicted molar refractivity (Wildman–Crippen MR) is 93.4 cm³/mol. The molecule has 1 fully saturated rings. The van der Waals surface area contributed by atoms with Crippen molar-refractivity contribution >= 4 is 23.2 Å². The summed E-state index contributed by atoms with van der Waals surface area (Å²) in [6, 6.07) is 5.38. The SMILES string of the molecule is Cc1onc(-c2c(Cl)cccc2Cl)c1CN1CCOCC(CO)C1. The Labute approximate surface area is 151 Å². The van der Waals surface area contributed by atoms with Gasteiger partial charge in [-0.2, -0.15) is 0 Å². The van der Waals surface area contributed by atoms with Crippen LogP contribution in [-0.4, -0.2) is 48.1 Å². The predicted octanol–water partition coefficient (Wildman–Crippen LogP) is 3.40. The molecule has 1 aliphatic rings. The molecular weight excluding hydrogens is 351 g/mol. The molecule has 3 rings (SSSR count). The number of benzene rings is 1. The lowest BCUT2D eigenvalue weighted by Gasteiger charge is -2.22. The van der Waals surface area contributed by atoms with Crippen LogP contribution in [0, 0.1) is 12.8 Å². The molecule has 0 bridgehead atoms. The minimum atomic E-state index is 0.111. The second kappa shape index (κ2) is 7.85. The Hall–Kier alpha value is -1.11. The number of aliphatic hydroxyl groups is 1. The summed E-state index contributed by atoms with van der Waals surface area (Å²) in [6.07, 6.45) is 0. The first-order chi connectivity index (χ1) is 11.6. The molecule has 0 amide bonds. The molecule has 1 aromatic carbocycles. The third-order valence-corrected chi connectivity index (χ3v) is 4.88. The topological polar surface area (TPSA) is 58.7 Å². The highest BCUT2D eigenvalue weighted by atomic mass is 35.5. The third-order valence-electron chi connectivity index (χ3n) is 4.25. The maximum absolute atomic E-state index is 9.45. The fraction of sp³-hybridized carbons (Fsp3) is 0.471. The minimum Gasteiger partial charge on any atom is -0.396 e. The maximum Gasteiger partial charge on any atom is 0.138 e. The van der Waals surface area contributed by atoms with Crippen LogP contribution in [0.5, 0.6) is 0 Å². The summed E-state index contributed by atoms with van der Waals surface area (Å²) >= 11 is 12.7. The zero-order valence-electron chi connectivity index (χ0n) is 13.5. The minimum absolute atomic E-state index is 0.111. The van der Waals surface area contributed by atoms with Gasteiger partial charge in [0.15, 0.2) is 0 Å². The van der Waals surface area contributed by atoms with E-state index in [1.54, 1.807) is 18.2 Å². The van der Waals surface area contributed by atoms with Gasteiger partial charge in [0.25, 0.3) is 0 Å². The van der Waals surface area contributed by atoms with Gasteiger partial charge < -0.3 is 14.4 Å². The maximum atomic E-state index is 9.45. The van der Waals surface area contributed by atoms with Gasteiger partial charge in [-0.25, -0.2) is 0 Å². The number of hydrogen-bond acceptors (Lipinski definition) is 5. The summed E-state index contributed by atoms with van der Waals surface area (Å²) in [5.74, 6) is 0.853. The molecule has 2 aromatic rings. The van der Waals surface area contributed by atoms with Crippen molar-refractivity contribution in [2.45, 2.75) is 13.5 Å². The Kier molecular flexibility index (Phi) is 5.79. The molecule has 1 atom stereocenters. The second-order valence-corrected chi connectivity index (χ2v) is 6.84. The van der Waals surface area contributed by atoms with Crippen LogP contribution in [-0.2, 0) is 11.3 Å². The van der Waals surface area contributed by atoms with Crippen molar-refractivity contribution in [2.24, 2.45) is 5.92 Å². The van der Waals surface area contributed by atoms with Gasteiger partial charge in [-0.15, -0.1) is 0 Å². The van der Waals surface area contributed by atoms with Gasteiger partial charge in [-0.1, -0.05) is 34.4 Å².